The highest BCUT2D eigenvalue weighted by molar-refractivity contribution is 7.89. The van der Waals surface area contributed by atoms with Gasteiger partial charge in [0.1, 0.15) is 0 Å². The second-order valence-corrected chi connectivity index (χ2v) is 6.54. The molecule has 0 radical (unpaired) electrons. The molecular formula is C12H18ClNO3S. The van der Waals surface area contributed by atoms with Crippen LogP contribution < -0.4 is 0 Å². The van der Waals surface area contributed by atoms with E-state index in [2.05, 4.69) is 0 Å². The zero-order chi connectivity index (χ0) is 13.8. The lowest BCUT2D eigenvalue weighted by Crippen LogP contribution is -2.27. The molecule has 102 valence electrons. The second-order valence-electron chi connectivity index (χ2n) is 4.09. The van der Waals surface area contributed by atoms with Crippen LogP contribution >= 0.6 is 11.6 Å². The van der Waals surface area contributed by atoms with E-state index >= 15 is 0 Å². The van der Waals surface area contributed by atoms with Crippen molar-refractivity contribution < 1.29 is 13.5 Å². The molecule has 0 fully saturated rings. The van der Waals surface area contributed by atoms with Crippen molar-refractivity contribution in [3.8, 4) is 0 Å². The van der Waals surface area contributed by atoms with Crippen molar-refractivity contribution in [2.75, 3.05) is 13.6 Å². The smallest absolute Gasteiger partial charge is 0.242 e. The number of unbranched alkanes of at least 4 members (excludes halogenated alkanes) is 1. The number of sulfonamides is 1. The molecule has 18 heavy (non-hydrogen) atoms. The van der Waals surface area contributed by atoms with Gasteiger partial charge >= 0.3 is 0 Å². The minimum atomic E-state index is -3.49. The Morgan fingerprint density at radius 1 is 1.39 bits per heavy atom. The lowest BCUT2D eigenvalue weighted by molar-refractivity contribution is 0.282. The van der Waals surface area contributed by atoms with Gasteiger partial charge in [0.05, 0.1) is 11.5 Å². The van der Waals surface area contributed by atoms with E-state index < -0.39 is 10.0 Å². The van der Waals surface area contributed by atoms with Crippen LogP contribution in [0.2, 0.25) is 5.02 Å². The number of hydrogen-bond donors (Lipinski definition) is 1. The number of rotatable bonds is 6. The minimum Gasteiger partial charge on any atom is -0.392 e. The molecular weight excluding hydrogens is 274 g/mol. The average Bonchev–Trinajstić information content (AvgIpc) is 2.35. The van der Waals surface area contributed by atoms with Crippen molar-refractivity contribution in [2.45, 2.75) is 31.3 Å². The molecule has 0 saturated heterocycles. The first-order valence-corrected chi connectivity index (χ1v) is 7.61. The zero-order valence-electron chi connectivity index (χ0n) is 10.6. The van der Waals surface area contributed by atoms with E-state index in [-0.39, 0.29) is 16.5 Å². The molecule has 4 nitrogen and oxygen atoms in total. The Hall–Kier alpha value is -0.620. The lowest BCUT2D eigenvalue weighted by atomic mass is 10.2. The van der Waals surface area contributed by atoms with Gasteiger partial charge in [0.2, 0.25) is 10.0 Å². The SMILES string of the molecule is CCCCN(C)S(=O)(=O)c1ccc(CO)c(Cl)c1. The summed E-state index contributed by atoms with van der Waals surface area (Å²) in [6, 6.07) is 4.38. The molecule has 0 aliphatic rings. The maximum atomic E-state index is 12.2. The molecule has 0 aliphatic carbocycles. The Morgan fingerprint density at radius 3 is 2.56 bits per heavy atom. The van der Waals surface area contributed by atoms with Gasteiger partial charge in [-0.15, -0.1) is 0 Å². The summed E-state index contributed by atoms with van der Waals surface area (Å²) in [7, 11) is -1.94. The molecule has 0 aliphatic heterocycles. The number of halogens is 1. The van der Waals surface area contributed by atoms with Gasteiger partial charge in [-0.1, -0.05) is 31.0 Å². The summed E-state index contributed by atoms with van der Waals surface area (Å²) in [6.07, 6.45) is 1.75. The van der Waals surface area contributed by atoms with Crippen LogP contribution in [0.25, 0.3) is 0 Å². The van der Waals surface area contributed by atoms with Crippen LogP contribution in [-0.4, -0.2) is 31.4 Å². The van der Waals surface area contributed by atoms with E-state index in [9.17, 15) is 8.42 Å². The van der Waals surface area contributed by atoms with Crippen molar-refractivity contribution in [1.82, 2.24) is 4.31 Å². The van der Waals surface area contributed by atoms with Gasteiger partial charge in [-0.2, -0.15) is 0 Å². The highest BCUT2D eigenvalue weighted by atomic mass is 35.5. The Labute approximate surface area is 113 Å². The van der Waals surface area contributed by atoms with Crippen LogP contribution in [0.15, 0.2) is 23.1 Å². The lowest BCUT2D eigenvalue weighted by Gasteiger charge is -2.17. The summed E-state index contributed by atoms with van der Waals surface area (Å²) in [5.74, 6) is 0. The number of hydrogen-bond acceptors (Lipinski definition) is 3. The number of nitrogens with zero attached hydrogens (tertiary/aromatic N) is 1. The van der Waals surface area contributed by atoms with Crippen molar-refractivity contribution >= 4 is 21.6 Å². The Balaban J connectivity index is 3.01. The van der Waals surface area contributed by atoms with Gasteiger partial charge in [-0.3, -0.25) is 0 Å². The molecule has 0 unspecified atom stereocenters. The van der Waals surface area contributed by atoms with Crippen LogP contribution in [0.3, 0.4) is 0 Å². The first-order chi connectivity index (χ1) is 8.43. The fraction of sp³-hybridized carbons (Fsp3) is 0.500. The summed E-state index contributed by atoms with van der Waals surface area (Å²) in [6.45, 7) is 2.29. The van der Waals surface area contributed by atoms with Crippen LogP contribution in [0.5, 0.6) is 0 Å². The maximum Gasteiger partial charge on any atom is 0.242 e. The topological polar surface area (TPSA) is 57.6 Å². The van der Waals surface area contributed by atoms with E-state index in [1.807, 2.05) is 6.92 Å². The van der Waals surface area contributed by atoms with Crippen LogP contribution in [-0.2, 0) is 16.6 Å². The quantitative estimate of drug-likeness (QED) is 0.874. The fourth-order valence-corrected chi connectivity index (χ4v) is 3.04. The maximum absolute atomic E-state index is 12.2. The van der Waals surface area contributed by atoms with Gasteiger partial charge in [0.25, 0.3) is 0 Å². The number of aliphatic hydroxyl groups is 1. The third kappa shape index (κ3) is 3.45. The predicted octanol–water partition coefficient (Wildman–Crippen LogP) is 2.25. The van der Waals surface area contributed by atoms with E-state index in [1.165, 1.54) is 22.5 Å². The van der Waals surface area contributed by atoms with Crippen LogP contribution in [0, 0.1) is 0 Å². The molecule has 1 aromatic rings. The molecule has 6 heteroatoms. The average molecular weight is 292 g/mol. The highest BCUT2D eigenvalue weighted by Gasteiger charge is 2.20. The Bertz CT molecular complexity index is 502. The van der Waals surface area contributed by atoms with Crippen molar-refractivity contribution in [2.24, 2.45) is 0 Å². The second kappa shape index (κ2) is 6.52. The van der Waals surface area contributed by atoms with Gasteiger partial charge in [0, 0.05) is 18.6 Å². The third-order valence-corrected chi connectivity index (χ3v) is 4.93. The van der Waals surface area contributed by atoms with E-state index in [0.29, 0.717) is 12.1 Å². The number of aliphatic hydroxyl groups excluding tert-OH is 1. The van der Waals surface area contributed by atoms with E-state index in [0.717, 1.165) is 12.8 Å². The molecule has 1 rings (SSSR count). The summed E-state index contributed by atoms with van der Waals surface area (Å²) in [5, 5.41) is 9.26. The standard InChI is InChI=1S/C12H18ClNO3S/c1-3-4-7-14(2)18(16,17)11-6-5-10(9-15)12(13)8-11/h5-6,8,15H,3-4,7,9H2,1-2H3. The monoisotopic (exact) mass is 291 g/mol. The molecule has 0 atom stereocenters. The Morgan fingerprint density at radius 2 is 2.06 bits per heavy atom. The largest absolute Gasteiger partial charge is 0.392 e. The normalized spacial score (nSPS) is 12.1. The molecule has 0 amide bonds. The molecule has 1 N–H and O–H groups in total. The molecule has 0 aromatic heterocycles. The van der Waals surface area contributed by atoms with Crippen LogP contribution in [0.4, 0.5) is 0 Å². The summed E-state index contributed by atoms with van der Waals surface area (Å²) >= 11 is 5.90. The summed E-state index contributed by atoms with van der Waals surface area (Å²) < 4.78 is 25.7. The van der Waals surface area contributed by atoms with Gasteiger partial charge < -0.3 is 5.11 Å². The number of benzene rings is 1. The van der Waals surface area contributed by atoms with Crippen LogP contribution in [0.1, 0.15) is 25.3 Å². The third-order valence-electron chi connectivity index (χ3n) is 2.73. The summed E-state index contributed by atoms with van der Waals surface area (Å²) in [5.41, 5.74) is 0.520. The van der Waals surface area contributed by atoms with Gasteiger partial charge in [-0.25, -0.2) is 12.7 Å². The van der Waals surface area contributed by atoms with E-state index in [4.69, 9.17) is 16.7 Å². The van der Waals surface area contributed by atoms with Gasteiger partial charge in [0.15, 0.2) is 0 Å². The molecule has 0 saturated carbocycles. The molecule has 0 spiro atoms. The van der Waals surface area contributed by atoms with Crippen molar-refractivity contribution in [3.63, 3.8) is 0 Å². The zero-order valence-corrected chi connectivity index (χ0v) is 12.1. The molecule has 1 aromatic carbocycles. The Kier molecular flexibility index (Phi) is 5.59. The fourth-order valence-electron chi connectivity index (χ4n) is 1.50. The molecule has 0 heterocycles. The van der Waals surface area contributed by atoms with Crippen molar-refractivity contribution in [3.05, 3.63) is 28.8 Å². The first kappa shape index (κ1) is 15.4. The van der Waals surface area contributed by atoms with Gasteiger partial charge in [-0.05, 0) is 24.1 Å². The first-order valence-electron chi connectivity index (χ1n) is 5.79. The van der Waals surface area contributed by atoms with E-state index in [1.54, 1.807) is 7.05 Å². The predicted molar refractivity (Wildman–Crippen MR) is 72.1 cm³/mol. The minimum absolute atomic E-state index is 0.156. The molecule has 0 bridgehead atoms. The highest BCUT2D eigenvalue weighted by Crippen LogP contribution is 2.23. The summed E-state index contributed by atoms with van der Waals surface area (Å²) in [4.78, 5) is 0.156. The van der Waals surface area contributed by atoms with Crippen molar-refractivity contribution in [1.29, 1.82) is 0 Å².